The van der Waals surface area contributed by atoms with Crippen LogP contribution in [0.4, 0.5) is 5.69 Å². The Morgan fingerprint density at radius 3 is 2.48 bits per heavy atom. The average molecular weight is 298 g/mol. The van der Waals surface area contributed by atoms with Gasteiger partial charge in [0.15, 0.2) is 0 Å². The van der Waals surface area contributed by atoms with Gasteiger partial charge in [-0.05, 0) is 57.3 Å². The van der Waals surface area contributed by atoms with Crippen molar-refractivity contribution in [3.8, 4) is 5.75 Å². The van der Waals surface area contributed by atoms with Gasteiger partial charge >= 0.3 is 0 Å². The highest BCUT2D eigenvalue weighted by Gasteiger charge is 2.19. The summed E-state index contributed by atoms with van der Waals surface area (Å²) >= 11 is 0. The Labute approximate surface area is 127 Å². The first-order valence-corrected chi connectivity index (χ1v) is 10.5. The summed E-state index contributed by atoms with van der Waals surface area (Å²) in [4.78, 5) is 9.06. The Morgan fingerprint density at radius 2 is 1.86 bits per heavy atom. The third-order valence-corrected chi connectivity index (χ3v) is 3.74. The van der Waals surface area contributed by atoms with Crippen LogP contribution in [0.5, 0.6) is 5.75 Å². The molecule has 0 aliphatic heterocycles. The van der Waals surface area contributed by atoms with Crippen LogP contribution in [-0.2, 0) is 0 Å². The van der Waals surface area contributed by atoms with E-state index in [2.05, 4.69) is 37.6 Å². The first-order chi connectivity index (χ1) is 9.87. The summed E-state index contributed by atoms with van der Waals surface area (Å²) in [5, 5.41) is 0. The molecule has 4 heteroatoms. The number of nitrogens with zero attached hydrogens (tertiary/aromatic N) is 2. The molecule has 0 amide bonds. The van der Waals surface area contributed by atoms with Gasteiger partial charge in [0.05, 0.1) is 11.4 Å². The zero-order chi connectivity index (χ0) is 15.5. The summed E-state index contributed by atoms with van der Waals surface area (Å²) in [5.41, 5.74) is 3.77. The first-order valence-electron chi connectivity index (χ1n) is 7.12. The Morgan fingerprint density at radius 1 is 1.10 bits per heavy atom. The predicted molar refractivity (Wildman–Crippen MR) is 91.3 cm³/mol. The van der Waals surface area contributed by atoms with Gasteiger partial charge in [-0.2, -0.15) is 0 Å². The van der Waals surface area contributed by atoms with Gasteiger partial charge in [-0.3, -0.25) is 4.98 Å². The molecule has 1 aromatic heterocycles. The second-order valence-electron chi connectivity index (χ2n) is 6.05. The van der Waals surface area contributed by atoms with E-state index in [1.807, 2.05) is 37.3 Å². The van der Waals surface area contributed by atoms with E-state index < -0.39 is 8.32 Å². The molecule has 0 saturated heterocycles. The maximum absolute atomic E-state index is 6.21. The summed E-state index contributed by atoms with van der Waals surface area (Å²) < 4.78 is 6.21. The fourth-order valence-electron chi connectivity index (χ4n) is 1.98. The van der Waals surface area contributed by atoms with E-state index in [4.69, 9.17) is 9.42 Å². The molecule has 0 bridgehead atoms. The predicted octanol–water partition coefficient (Wildman–Crippen LogP) is 4.74. The monoisotopic (exact) mass is 298 g/mol. The molecule has 0 aliphatic rings. The molecule has 3 nitrogen and oxygen atoms in total. The van der Waals surface area contributed by atoms with Crippen LogP contribution in [0.15, 0.2) is 47.6 Å². The minimum absolute atomic E-state index is 0.876. The highest BCUT2D eigenvalue weighted by atomic mass is 28.4. The number of aromatic nitrogens is 1. The normalized spacial score (nSPS) is 12.3. The number of para-hydroxylation sites is 1. The van der Waals surface area contributed by atoms with Crippen molar-refractivity contribution in [2.24, 2.45) is 4.99 Å². The topological polar surface area (TPSA) is 34.5 Å². The maximum atomic E-state index is 6.21. The molecule has 0 spiro atoms. The lowest BCUT2D eigenvalue weighted by Crippen LogP contribution is -2.29. The molecular weight excluding hydrogens is 276 g/mol. The van der Waals surface area contributed by atoms with E-state index in [1.54, 1.807) is 6.20 Å². The summed E-state index contributed by atoms with van der Waals surface area (Å²) in [6.45, 7) is 10.6. The van der Waals surface area contributed by atoms with E-state index in [1.165, 1.54) is 0 Å². The summed E-state index contributed by atoms with van der Waals surface area (Å²) in [6, 6.07) is 11.9. The van der Waals surface area contributed by atoms with Gasteiger partial charge in [0, 0.05) is 6.20 Å². The van der Waals surface area contributed by atoms with E-state index >= 15 is 0 Å². The summed E-state index contributed by atoms with van der Waals surface area (Å²) in [6.07, 6.45) is 1.78. The lowest BCUT2D eigenvalue weighted by molar-refractivity contribution is 0.554. The third kappa shape index (κ3) is 4.26. The fraction of sp³-hybridized carbons (Fsp3) is 0.294. The van der Waals surface area contributed by atoms with E-state index in [0.717, 1.165) is 28.4 Å². The zero-order valence-electron chi connectivity index (χ0n) is 13.3. The zero-order valence-corrected chi connectivity index (χ0v) is 14.3. The summed E-state index contributed by atoms with van der Waals surface area (Å²) in [7, 11) is -1.68. The Kier molecular flexibility index (Phi) is 4.58. The Hall–Kier alpha value is -1.94. The standard InChI is InChI=1S/C17H22N2OSi/c1-13-9-8-11-16(17(13)20-21(3,4)5)19-14(2)15-10-6-7-12-18-15/h6-12H,1-5H3. The van der Waals surface area contributed by atoms with Crippen LogP contribution in [-0.4, -0.2) is 19.0 Å². The highest BCUT2D eigenvalue weighted by molar-refractivity contribution is 6.70. The molecular formula is C17H22N2OSi. The van der Waals surface area contributed by atoms with Crippen LogP contribution in [0.25, 0.3) is 0 Å². The molecule has 2 rings (SSSR count). The van der Waals surface area contributed by atoms with Crippen molar-refractivity contribution < 1.29 is 4.43 Å². The van der Waals surface area contributed by atoms with Crippen LogP contribution < -0.4 is 4.43 Å². The van der Waals surface area contributed by atoms with Crippen LogP contribution in [0.3, 0.4) is 0 Å². The van der Waals surface area contributed by atoms with E-state index in [-0.39, 0.29) is 0 Å². The molecule has 1 aromatic carbocycles. The molecule has 0 unspecified atom stereocenters. The second-order valence-corrected chi connectivity index (χ2v) is 10.5. The SMILES string of the molecule is CC(=Nc1cccc(C)c1O[Si](C)(C)C)c1ccccn1. The molecule has 1 heterocycles. The third-order valence-electron chi connectivity index (χ3n) is 2.92. The molecule has 0 radical (unpaired) electrons. The number of rotatable bonds is 4. The van der Waals surface area contributed by atoms with E-state index in [9.17, 15) is 0 Å². The van der Waals surface area contributed by atoms with Gasteiger partial charge in [0.2, 0.25) is 8.32 Å². The first kappa shape index (κ1) is 15.4. The number of hydrogen-bond donors (Lipinski definition) is 0. The highest BCUT2D eigenvalue weighted by Crippen LogP contribution is 2.33. The van der Waals surface area contributed by atoms with Gasteiger partial charge < -0.3 is 4.43 Å². The largest absolute Gasteiger partial charge is 0.543 e. The molecule has 0 saturated carbocycles. The number of benzene rings is 1. The van der Waals surface area contributed by atoms with Gasteiger partial charge in [0.1, 0.15) is 11.4 Å². The molecule has 0 fully saturated rings. The van der Waals surface area contributed by atoms with Gasteiger partial charge in [-0.25, -0.2) is 4.99 Å². The van der Waals surface area contributed by atoms with Crippen molar-refractivity contribution >= 4 is 19.7 Å². The number of pyridine rings is 1. The van der Waals surface area contributed by atoms with Crippen molar-refractivity contribution in [2.75, 3.05) is 0 Å². The molecule has 0 aliphatic carbocycles. The molecule has 21 heavy (non-hydrogen) atoms. The Balaban J connectivity index is 2.43. The van der Waals surface area contributed by atoms with Crippen molar-refractivity contribution in [1.82, 2.24) is 4.98 Å². The molecule has 0 atom stereocenters. The molecule has 0 N–H and O–H groups in total. The smallest absolute Gasteiger partial charge is 0.242 e. The summed E-state index contributed by atoms with van der Waals surface area (Å²) in [5.74, 6) is 0.895. The lowest BCUT2D eigenvalue weighted by Gasteiger charge is -2.22. The number of aliphatic imine (C=N–C) groups is 1. The van der Waals surface area contributed by atoms with Crippen molar-refractivity contribution in [2.45, 2.75) is 33.5 Å². The van der Waals surface area contributed by atoms with Crippen molar-refractivity contribution in [1.29, 1.82) is 0 Å². The van der Waals surface area contributed by atoms with Gasteiger partial charge in [-0.15, -0.1) is 0 Å². The average Bonchev–Trinajstić information content (AvgIpc) is 2.42. The Bertz CT molecular complexity index is 646. The number of aryl methyl sites for hydroxylation is 1. The van der Waals surface area contributed by atoms with Crippen LogP contribution >= 0.6 is 0 Å². The van der Waals surface area contributed by atoms with Crippen LogP contribution in [0.2, 0.25) is 19.6 Å². The lowest BCUT2D eigenvalue weighted by atomic mass is 10.2. The van der Waals surface area contributed by atoms with E-state index in [0.29, 0.717) is 0 Å². The minimum Gasteiger partial charge on any atom is -0.543 e. The van der Waals surface area contributed by atoms with Crippen LogP contribution in [0.1, 0.15) is 18.2 Å². The quantitative estimate of drug-likeness (QED) is 0.603. The van der Waals surface area contributed by atoms with Crippen LogP contribution in [0, 0.1) is 6.92 Å². The minimum atomic E-state index is -1.68. The van der Waals surface area contributed by atoms with Crippen molar-refractivity contribution in [3.05, 3.63) is 53.9 Å². The molecule has 2 aromatic rings. The maximum Gasteiger partial charge on any atom is 0.242 e. The number of hydrogen-bond acceptors (Lipinski definition) is 3. The fourth-order valence-corrected chi connectivity index (χ4v) is 2.86. The van der Waals surface area contributed by atoms with Gasteiger partial charge in [0.25, 0.3) is 0 Å². The second kappa shape index (κ2) is 6.22. The molecule has 110 valence electrons. The van der Waals surface area contributed by atoms with Crippen molar-refractivity contribution in [3.63, 3.8) is 0 Å². The van der Waals surface area contributed by atoms with Gasteiger partial charge in [-0.1, -0.05) is 18.2 Å².